The summed E-state index contributed by atoms with van der Waals surface area (Å²) in [4.78, 5) is 0. The van der Waals surface area contributed by atoms with Crippen LogP contribution in [-0.2, 0) is 0 Å². The second-order valence-corrected chi connectivity index (χ2v) is 30.0. The molecule has 0 N–H and O–H groups in total. The molecule has 1 aliphatic rings. The van der Waals surface area contributed by atoms with Crippen LogP contribution in [0.25, 0.3) is 0 Å². The van der Waals surface area contributed by atoms with E-state index in [-0.39, 0.29) is 0 Å². The fourth-order valence-electron chi connectivity index (χ4n) is 5.99. The van der Waals surface area contributed by atoms with Gasteiger partial charge in [0.1, 0.15) is 0 Å². The number of hydrogen-bond acceptors (Lipinski definition) is 5. The van der Waals surface area contributed by atoms with Crippen LogP contribution in [-0.4, -0.2) is 0 Å². The zero-order valence-corrected chi connectivity index (χ0v) is 33.8. The number of rotatable bonds is 8. The van der Waals surface area contributed by atoms with Gasteiger partial charge in [-0.05, 0) is 45.0 Å². The second-order valence-electron chi connectivity index (χ2n) is 11.2. The van der Waals surface area contributed by atoms with Crippen molar-refractivity contribution in [1.82, 2.24) is 0 Å². The summed E-state index contributed by atoms with van der Waals surface area (Å²) in [5, 5.41) is 5.94. The smallest absolute Gasteiger partial charge is 0.210 e. The molecule has 0 bridgehead atoms. The summed E-state index contributed by atoms with van der Waals surface area (Å²) in [5.74, 6) is -7.04. The molecule has 252 valence electrons. The number of nitrogens with zero attached hydrogens (tertiary/aromatic N) is 5. The highest BCUT2D eigenvalue weighted by Crippen LogP contribution is 2.88. The molecule has 0 aliphatic carbocycles. The summed E-state index contributed by atoms with van der Waals surface area (Å²) >= 11 is 28.2. The van der Waals surface area contributed by atoms with Gasteiger partial charge in [-0.2, -0.15) is 13.5 Å². The second kappa shape index (κ2) is 14.9. The van der Waals surface area contributed by atoms with E-state index in [4.69, 9.17) is 63.0 Å². The lowest BCUT2D eigenvalue weighted by Crippen LogP contribution is -2.26. The van der Waals surface area contributed by atoms with Crippen LogP contribution in [0, 0.1) is 0 Å². The lowest BCUT2D eigenvalue weighted by Gasteiger charge is -2.33. The molecule has 0 atom stereocenters. The maximum atomic E-state index is 7.05. The van der Waals surface area contributed by atoms with E-state index in [0.29, 0.717) is 0 Å². The van der Waals surface area contributed by atoms with Crippen molar-refractivity contribution in [1.29, 1.82) is 0 Å². The van der Waals surface area contributed by atoms with E-state index in [1.54, 1.807) is 0 Å². The molecular weight excluding hydrogens is 799 g/mol. The first-order valence-corrected chi connectivity index (χ1v) is 27.6. The molecule has 1 heterocycles. The molecule has 6 aromatic rings. The van der Waals surface area contributed by atoms with Crippen LogP contribution in [0.2, 0.25) is 0 Å². The first-order chi connectivity index (χ1) is 24.2. The third kappa shape index (κ3) is 7.29. The van der Waals surface area contributed by atoms with Gasteiger partial charge in [0.05, 0.1) is 14.1 Å². The molecule has 0 amide bonds. The van der Waals surface area contributed by atoms with Crippen LogP contribution in [0.5, 0.6) is 0 Å². The third-order valence-corrected chi connectivity index (χ3v) is 28.5. The average molecular weight is 829 g/mol. The van der Waals surface area contributed by atoms with Crippen LogP contribution >= 0.6 is 78.4 Å². The summed E-state index contributed by atoms with van der Waals surface area (Å²) in [6.45, 7) is 0. The van der Waals surface area contributed by atoms with Gasteiger partial charge in [-0.1, -0.05) is 182 Å². The van der Waals surface area contributed by atoms with E-state index in [1.165, 1.54) is 0 Å². The van der Waals surface area contributed by atoms with Gasteiger partial charge in [0, 0.05) is 31.8 Å². The molecule has 1 aliphatic heterocycles. The minimum Gasteiger partial charge on any atom is -0.210 e. The van der Waals surface area contributed by atoms with E-state index in [0.717, 1.165) is 31.8 Å². The van der Waals surface area contributed by atoms with Gasteiger partial charge >= 0.3 is 7.51 Å². The Morgan fingerprint density at radius 1 is 0.320 bits per heavy atom. The van der Waals surface area contributed by atoms with E-state index in [9.17, 15) is 0 Å². The Kier molecular flexibility index (Phi) is 10.8. The molecule has 0 unspecified atom stereocenters. The van der Waals surface area contributed by atoms with Gasteiger partial charge in [-0.15, -0.1) is 0 Å². The molecular formula is C36H30Cl4N5P5. The number of halogens is 4. The average Bonchev–Trinajstić information content (AvgIpc) is 3.14. The van der Waals surface area contributed by atoms with Gasteiger partial charge in [-0.3, -0.25) is 0 Å². The molecule has 0 saturated heterocycles. The van der Waals surface area contributed by atoms with Gasteiger partial charge in [0.25, 0.3) is 11.8 Å². The molecule has 6 aromatic carbocycles. The summed E-state index contributed by atoms with van der Waals surface area (Å²) in [7, 11) is -9.77. The SMILES string of the molecule is ClP1(Cl)=NP(Cl)(Cl)=NP(N=P(c2ccccc2)(c2ccccc2)c2ccccc2)(N=P(c2ccccc2)(c2ccccc2)c2ccccc2)=N1. The van der Waals surface area contributed by atoms with E-state index >= 15 is 0 Å². The zero-order chi connectivity index (χ0) is 34.7. The molecule has 0 radical (unpaired) electrons. The summed E-state index contributed by atoms with van der Waals surface area (Å²) in [6.07, 6.45) is 0. The van der Waals surface area contributed by atoms with E-state index in [2.05, 4.69) is 77.3 Å². The lowest BCUT2D eigenvalue weighted by atomic mass is 10.4. The highest BCUT2D eigenvalue weighted by Gasteiger charge is 2.41. The number of benzene rings is 6. The predicted octanol–water partition coefficient (Wildman–Crippen LogP) is 13.1. The van der Waals surface area contributed by atoms with Gasteiger partial charge in [-0.25, -0.2) is 9.03 Å². The Hall–Kier alpha value is -2.37. The van der Waals surface area contributed by atoms with Gasteiger partial charge in [0.2, 0.25) is 0 Å². The summed E-state index contributed by atoms with van der Waals surface area (Å²) < 4.78 is 26.7. The van der Waals surface area contributed by atoms with Gasteiger partial charge < -0.3 is 0 Å². The van der Waals surface area contributed by atoms with Crippen molar-refractivity contribution in [2.45, 2.75) is 0 Å². The van der Waals surface area contributed by atoms with Crippen molar-refractivity contribution in [2.24, 2.45) is 22.6 Å². The Morgan fingerprint density at radius 3 is 0.760 bits per heavy atom. The fourth-order valence-corrected chi connectivity index (χ4v) is 31.9. The molecule has 14 heteroatoms. The Balaban J connectivity index is 1.80. The molecule has 0 saturated carbocycles. The van der Waals surface area contributed by atoms with Crippen molar-refractivity contribution >= 4 is 110 Å². The van der Waals surface area contributed by atoms with Crippen molar-refractivity contribution < 1.29 is 0 Å². The first kappa shape index (κ1) is 36.0. The largest absolute Gasteiger partial charge is 0.308 e. The van der Waals surface area contributed by atoms with Crippen molar-refractivity contribution in [3.05, 3.63) is 182 Å². The van der Waals surface area contributed by atoms with Crippen LogP contribution in [0.4, 0.5) is 0 Å². The third-order valence-electron chi connectivity index (χ3n) is 7.96. The lowest BCUT2D eigenvalue weighted by molar-refractivity contribution is 1.58. The zero-order valence-electron chi connectivity index (χ0n) is 26.3. The molecule has 7 rings (SSSR count). The maximum absolute atomic E-state index is 7.05. The monoisotopic (exact) mass is 827 g/mol. The van der Waals surface area contributed by atoms with Crippen LogP contribution in [0.3, 0.4) is 0 Å². The normalized spacial score (nSPS) is 16.2. The molecule has 0 spiro atoms. The summed E-state index contributed by atoms with van der Waals surface area (Å²) in [6, 6.07) is 61.5. The predicted molar refractivity (Wildman–Crippen MR) is 227 cm³/mol. The molecule has 0 aromatic heterocycles. The topological polar surface area (TPSA) is 61.8 Å². The van der Waals surface area contributed by atoms with Crippen molar-refractivity contribution in [3.63, 3.8) is 0 Å². The van der Waals surface area contributed by atoms with E-state index < -0.39 is 33.4 Å². The Morgan fingerprint density at radius 2 is 0.540 bits per heavy atom. The molecule has 0 fully saturated rings. The minimum atomic E-state index is -3.79. The van der Waals surface area contributed by atoms with Gasteiger partial charge in [0.15, 0.2) is 0 Å². The van der Waals surface area contributed by atoms with Crippen molar-refractivity contribution in [3.8, 4) is 0 Å². The summed E-state index contributed by atoms with van der Waals surface area (Å²) in [5.41, 5.74) is 0. The van der Waals surface area contributed by atoms with E-state index in [1.807, 2.05) is 109 Å². The Labute approximate surface area is 312 Å². The standard InChI is InChI=1S/C36H30Cl4N5P5/c37-48(38)43-49(39,40)45-50(44-48,41-46(31-19-7-1-8-20-31,32-21-9-2-10-22-32)33-23-11-3-12-24-33)42-47(34-25-13-4-14-26-34,35-27-15-5-16-28-35)36-29-17-6-18-30-36/h1-30H. The highest BCUT2D eigenvalue weighted by atomic mass is 35.9. The fraction of sp³-hybridized carbons (Fsp3) is 0. The Bertz CT molecular complexity index is 2050. The van der Waals surface area contributed by atoms with Crippen molar-refractivity contribution in [2.75, 3.05) is 0 Å². The maximum Gasteiger partial charge on any atom is 0.308 e. The molecule has 5 nitrogen and oxygen atoms in total. The van der Waals surface area contributed by atoms with Crippen LogP contribution in [0.1, 0.15) is 0 Å². The number of hydrogen-bond donors (Lipinski definition) is 0. The van der Waals surface area contributed by atoms with Crippen LogP contribution in [0.15, 0.2) is 205 Å². The highest BCUT2D eigenvalue weighted by molar-refractivity contribution is 8.21. The quantitative estimate of drug-likeness (QED) is 0.137. The molecule has 50 heavy (non-hydrogen) atoms. The first-order valence-electron chi connectivity index (χ1n) is 15.5. The van der Waals surface area contributed by atoms with Crippen LogP contribution < -0.4 is 31.8 Å². The minimum absolute atomic E-state index is 0.990.